The molecule has 2 atom stereocenters. The Morgan fingerprint density at radius 1 is 1.08 bits per heavy atom. The number of hydrogen-bond donors (Lipinski definition) is 0. The first-order chi connectivity index (χ1) is 11.8. The van der Waals surface area contributed by atoms with Crippen molar-refractivity contribution in [1.29, 1.82) is 0 Å². The SMILES string of the molecule is CN1CC[C@@H](c2ccccc2)[C@H](COc2ccc3c(c2)OCO3)C1. The van der Waals surface area contributed by atoms with E-state index in [1.165, 1.54) is 12.0 Å². The molecule has 2 aromatic carbocycles. The van der Waals surface area contributed by atoms with Crippen molar-refractivity contribution in [2.75, 3.05) is 33.5 Å². The van der Waals surface area contributed by atoms with Crippen LogP contribution < -0.4 is 14.2 Å². The number of rotatable bonds is 4. The number of benzene rings is 2. The fraction of sp³-hybridized carbons (Fsp3) is 0.400. The second-order valence-electron chi connectivity index (χ2n) is 6.65. The number of likely N-dealkylation sites (tertiary alicyclic amines) is 1. The van der Waals surface area contributed by atoms with Crippen molar-refractivity contribution in [3.05, 3.63) is 54.1 Å². The molecule has 0 N–H and O–H groups in total. The quantitative estimate of drug-likeness (QED) is 0.860. The van der Waals surface area contributed by atoms with Gasteiger partial charge in [0.2, 0.25) is 6.79 Å². The molecule has 0 spiro atoms. The maximum Gasteiger partial charge on any atom is 0.231 e. The van der Waals surface area contributed by atoms with E-state index >= 15 is 0 Å². The Kier molecular flexibility index (Phi) is 4.30. The molecule has 4 nitrogen and oxygen atoms in total. The second kappa shape index (κ2) is 6.73. The Hall–Kier alpha value is -2.20. The molecular weight excluding hydrogens is 302 g/mol. The first-order valence-corrected chi connectivity index (χ1v) is 8.55. The van der Waals surface area contributed by atoms with Crippen LogP contribution in [0.2, 0.25) is 0 Å². The molecule has 0 saturated carbocycles. The van der Waals surface area contributed by atoms with Gasteiger partial charge >= 0.3 is 0 Å². The molecule has 4 heteroatoms. The smallest absolute Gasteiger partial charge is 0.231 e. The largest absolute Gasteiger partial charge is 0.493 e. The van der Waals surface area contributed by atoms with E-state index < -0.39 is 0 Å². The monoisotopic (exact) mass is 325 g/mol. The second-order valence-corrected chi connectivity index (χ2v) is 6.65. The summed E-state index contributed by atoms with van der Waals surface area (Å²) < 4.78 is 16.9. The number of fused-ring (bicyclic) bond motifs is 1. The molecule has 0 unspecified atom stereocenters. The molecule has 2 aliphatic rings. The van der Waals surface area contributed by atoms with Crippen LogP contribution in [-0.4, -0.2) is 38.4 Å². The summed E-state index contributed by atoms with van der Waals surface area (Å²) in [5.41, 5.74) is 1.42. The summed E-state index contributed by atoms with van der Waals surface area (Å²) in [6, 6.07) is 16.6. The van der Waals surface area contributed by atoms with Gasteiger partial charge in [0.1, 0.15) is 5.75 Å². The third kappa shape index (κ3) is 3.20. The van der Waals surface area contributed by atoms with Crippen LogP contribution >= 0.6 is 0 Å². The average Bonchev–Trinajstić information content (AvgIpc) is 3.08. The summed E-state index contributed by atoms with van der Waals surface area (Å²) in [4.78, 5) is 2.40. The minimum Gasteiger partial charge on any atom is -0.493 e. The van der Waals surface area contributed by atoms with Gasteiger partial charge in [0.25, 0.3) is 0 Å². The van der Waals surface area contributed by atoms with Crippen LogP contribution in [0.15, 0.2) is 48.5 Å². The maximum absolute atomic E-state index is 6.11. The normalized spacial score (nSPS) is 23.2. The van der Waals surface area contributed by atoms with Gasteiger partial charge in [-0.05, 0) is 43.6 Å². The Balaban J connectivity index is 1.46. The third-order valence-electron chi connectivity index (χ3n) is 4.97. The van der Waals surface area contributed by atoms with Crippen LogP contribution in [-0.2, 0) is 0 Å². The van der Waals surface area contributed by atoms with E-state index in [9.17, 15) is 0 Å². The highest BCUT2D eigenvalue weighted by Crippen LogP contribution is 2.36. The molecule has 2 aromatic rings. The van der Waals surface area contributed by atoms with Crippen LogP contribution in [0.1, 0.15) is 17.9 Å². The highest BCUT2D eigenvalue weighted by molar-refractivity contribution is 5.46. The van der Waals surface area contributed by atoms with Crippen LogP contribution in [0.4, 0.5) is 0 Å². The molecule has 24 heavy (non-hydrogen) atoms. The van der Waals surface area contributed by atoms with E-state index in [2.05, 4.69) is 42.3 Å². The third-order valence-corrected chi connectivity index (χ3v) is 4.97. The van der Waals surface area contributed by atoms with Crippen LogP contribution in [0.5, 0.6) is 17.2 Å². The van der Waals surface area contributed by atoms with E-state index in [1.54, 1.807) is 0 Å². The molecule has 0 radical (unpaired) electrons. The first-order valence-electron chi connectivity index (χ1n) is 8.55. The lowest BCUT2D eigenvalue weighted by molar-refractivity contribution is 0.129. The molecule has 2 heterocycles. The summed E-state index contributed by atoms with van der Waals surface area (Å²) in [6.07, 6.45) is 1.18. The molecule has 4 rings (SSSR count). The Labute approximate surface area is 142 Å². The summed E-state index contributed by atoms with van der Waals surface area (Å²) >= 11 is 0. The maximum atomic E-state index is 6.11. The highest BCUT2D eigenvalue weighted by atomic mass is 16.7. The predicted molar refractivity (Wildman–Crippen MR) is 92.8 cm³/mol. The molecule has 0 bridgehead atoms. The summed E-state index contributed by atoms with van der Waals surface area (Å²) in [7, 11) is 2.19. The molecule has 126 valence electrons. The molecule has 0 aromatic heterocycles. The van der Waals surface area contributed by atoms with Gasteiger partial charge in [-0.2, -0.15) is 0 Å². The molecule has 0 aliphatic carbocycles. The van der Waals surface area contributed by atoms with Gasteiger partial charge in [0, 0.05) is 18.5 Å². The van der Waals surface area contributed by atoms with Gasteiger partial charge in [-0.15, -0.1) is 0 Å². The van der Waals surface area contributed by atoms with Crippen molar-refractivity contribution in [1.82, 2.24) is 4.90 Å². The number of piperidine rings is 1. The fourth-order valence-electron chi connectivity index (χ4n) is 3.69. The first kappa shape index (κ1) is 15.3. The summed E-state index contributed by atoms with van der Waals surface area (Å²) in [5, 5.41) is 0. The molecule has 2 aliphatic heterocycles. The molecule has 0 amide bonds. The number of hydrogen-bond acceptors (Lipinski definition) is 4. The van der Waals surface area contributed by atoms with E-state index in [0.717, 1.165) is 30.3 Å². The van der Waals surface area contributed by atoms with Crippen molar-refractivity contribution in [2.24, 2.45) is 5.92 Å². The molecule has 1 saturated heterocycles. The fourth-order valence-corrected chi connectivity index (χ4v) is 3.69. The molecular formula is C20H23NO3. The van der Waals surface area contributed by atoms with Crippen LogP contribution in [0.3, 0.4) is 0 Å². The lowest BCUT2D eigenvalue weighted by Crippen LogP contribution is -2.39. The van der Waals surface area contributed by atoms with Crippen molar-refractivity contribution in [2.45, 2.75) is 12.3 Å². The lowest BCUT2D eigenvalue weighted by Gasteiger charge is -2.37. The standard InChI is InChI=1S/C20H23NO3/c1-21-10-9-18(15-5-3-2-4-6-15)16(12-21)13-22-17-7-8-19-20(11-17)24-14-23-19/h2-8,11,16,18H,9-10,12-14H2,1H3/t16-,18-/m0/s1. The van der Waals surface area contributed by atoms with Crippen molar-refractivity contribution < 1.29 is 14.2 Å². The number of ether oxygens (including phenoxy) is 3. The van der Waals surface area contributed by atoms with Crippen molar-refractivity contribution >= 4 is 0 Å². The number of nitrogens with zero attached hydrogens (tertiary/aromatic N) is 1. The Morgan fingerprint density at radius 2 is 1.92 bits per heavy atom. The van der Waals surface area contributed by atoms with Gasteiger partial charge in [0.05, 0.1) is 6.61 Å². The van der Waals surface area contributed by atoms with Gasteiger partial charge in [-0.25, -0.2) is 0 Å². The average molecular weight is 325 g/mol. The molecule has 1 fully saturated rings. The summed E-state index contributed by atoms with van der Waals surface area (Å²) in [6.45, 7) is 3.20. The van der Waals surface area contributed by atoms with Gasteiger partial charge in [0.15, 0.2) is 11.5 Å². The summed E-state index contributed by atoms with van der Waals surface area (Å²) in [5.74, 6) is 3.45. The predicted octanol–water partition coefficient (Wildman–Crippen LogP) is 3.53. The van der Waals surface area contributed by atoms with E-state index in [1.807, 2.05) is 18.2 Å². The van der Waals surface area contributed by atoms with Crippen LogP contribution in [0.25, 0.3) is 0 Å². The Bertz CT molecular complexity index is 689. The van der Waals surface area contributed by atoms with E-state index in [-0.39, 0.29) is 0 Å². The zero-order valence-electron chi connectivity index (χ0n) is 14.0. The van der Waals surface area contributed by atoms with Gasteiger partial charge in [-0.3, -0.25) is 0 Å². The topological polar surface area (TPSA) is 30.9 Å². The van der Waals surface area contributed by atoms with Gasteiger partial charge in [-0.1, -0.05) is 30.3 Å². The minimum atomic E-state index is 0.294. The van der Waals surface area contributed by atoms with Crippen molar-refractivity contribution in [3.8, 4) is 17.2 Å². The van der Waals surface area contributed by atoms with E-state index in [4.69, 9.17) is 14.2 Å². The van der Waals surface area contributed by atoms with Gasteiger partial charge < -0.3 is 19.1 Å². The zero-order chi connectivity index (χ0) is 16.4. The Morgan fingerprint density at radius 3 is 2.79 bits per heavy atom. The minimum absolute atomic E-state index is 0.294. The van der Waals surface area contributed by atoms with Crippen LogP contribution in [0, 0.1) is 5.92 Å². The lowest BCUT2D eigenvalue weighted by atomic mass is 9.81. The van der Waals surface area contributed by atoms with E-state index in [0.29, 0.717) is 25.2 Å². The van der Waals surface area contributed by atoms with Crippen molar-refractivity contribution in [3.63, 3.8) is 0 Å². The highest BCUT2D eigenvalue weighted by Gasteiger charge is 2.29. The zero-order valence-corrected chi connectivity index (χ0v) is 14.0.